The van der Waals surface area contributed by atoms with Gasteiger partial charge in [-0.2, -0.15) is 0 Å². The SMILES string of the molecule is CCCCN(C)C(C)CC(C)(C)c1ccc(Cl)cc1. The summed E-state index contributed by atoms with van der Waals surface area (Å²) in [6, 6.07) is 8.88. The highest BCUT2D eigenvalue weighted by atomic mass is 35.5. The van der Waals surface area contributed by atoms with E-state index in [-0.39, 0.29) is 5.41 Å². The molecule has 1 aromatic carbocycles. The van der Waals surface area contributed by atoms with Crippen LogP contribution in [0.15, 0.2) is 24.3 Å². The maximum Gasteiger partial charge on any atom is 0.0406 e. The van der Waals surface area contributed by atoms with E-state index < -0.39 is 0 Å². The zero-order chi connectivity index (χ0) is 14.5. The lowest BCUT2D eigenvalue weighted by Gasteiger charge is -2.33. The summed E-state index contributed by atoms with van der Waals surface area (Å²) >= 11 is 5.97. The Hall–Kier alpha value is -0.530. The number of unbranched alkanes of at least 4 members (excludes halogenated alkanes) is 1. The van der Waals surface area contributed by atoms with Crippen LogP contribution >= 0.6 is 11.6 Å². The molecule has 0 aromatic heterocycles. The van der Waals surface area contributed by atoms with Crippen LogP contribution in [-0.2, 0) is 5.41 Å². The minimum absolute atomic E-state index is 0.185. The molecule has 0 fully saturated rings. The maximum atomic E-state index is 5.97. The normalized spacial score (nSPS) is 13.8. The molecule has 1 unspecified atom stereocenters. The molecule has 1 aromatic rings. The monoisotopic (exact) mass is 281 g/mol. The molecular weight excluding hydrogens is 254 g/mol. The van der Waals surface area contributed by atoms with Crippen molar-refractivity contribution in [1.82, 2.24) is 4.90 Å². The van der Waals surface area contributed by atoms with Crippen LogP contribution in [0.4, 0.5) is 0 Å². The zero-order valence-electron chi connectivity index (χ0n) is 13.0. The minimum Gasteiger partial charge on any atom is -0.304 e. The molecule has 0 heterocycles. The fraction of sp³-hybridized carbons (Fsp3) is 0.647. The van der Waals surface area contributed by atoms with Crippen molar-refractivity contribution in [3.63, 3.8) is 0 Å². The van der Waals surface area contributed by atoms with E-state index in [1.165, 1.54) is 24.9 Å². The van der Waals surface area contributed by atoms with Crippen LogP contribution in [0.1, 0.15) is 52.5 Å². The van der Waals surface area contributed by atoms with Crippen molar-refractivity contribution in [1.29, 1.82) is 0 Å². The van der Waals surface area contributed by atoms with Crippen LogP contribution in [0.2, 0.25) is 5.02 Å². The first-order chi connectivity index (χ1) is 8.86. The Morgan fingerprint density at radius 3 is 2.32 bits per heavy atom. The molecule has 0 aliphatic rings. The van der Waals surface area contributed by atoms with E-state index in [2.05, 4.69) is 51.8 Å². The first kappa shape index (κ1) is 16.5. The smallest absolute Gasteiger partial charge is 0.0406 e. The molecule has 0 bridgehead atoms. The van der Waals surface area contributed by atoms with E-state index in [1.54, 1.807) is 0 Å². The highest BCUT2D eigenvalue weighted by Crippen LogP contribution is 2.30. The van der Waals surface area contributed by atoms with Gasteiger partial charge in [-0.25, -0.2) is 0 Å². The molecule has 0 N–H and O–H groups in total. The number of hydrogen-bond donors (Lipinski definition) is 0. The van der Waals surface area contributed by atoms with Gasteiger partial charge < -0.3 is 4.90 Å². The van der Waals surface area contributed by atoms with Gasteiger partial charge in [-0.15, -0.1) is 0 Å². The molecule has 1 atom stereocenters. The molecule has 0 saturated carbocycles. The van der Waals surface area contributed by atoms with Gasteiger partial charge >= 0.3 is 0 Å². The summed E-state index contributed by atoms with van der Waals surface area (Å²) in [4.78, 5) is 2.47. The van der Waals surface area contributed by atoms with E-state index in [0.29, 0.717) is 6.04 Å². The van der Waals surface area contributed by atoms with Crippen molar-refractivity contribution in [2.75, 3.05) is 13.6 Å². The molecule has 0 spiro atoms. The molecule has 19 heavy (non-hydrogen) atoms. The summed E-state index contributed by atoms with van der Waals surface area (Å²) in [7, 11) is 2.23. The fourth-order valence-electron chi connectivity index (χ4n) is 2.54. The third-order valence-corrected chi connectivity index (χ3v) is 4.30. The van der Waals surface area contributed by atoms with Crippen LogP contribution < -0.4 is 0 Å². The van der Waals surface area contributed by atoms with E-state index in [1.807, 2.05) is 12.1 Å². The second-order valence-corrected chi connectivity index (χ2v) is 6.71. The Bertz CT molecular complexity index is 369. The van der Waals surface area contributed by atoms with Crippen LogP contribution in [0.25, 0.3) is 0 Å². The second kappa shape index (κ2) is 7.31. The average molecular weight is 282 g/mol. The van der Waals surface area contributed by atoms with Gasteiger partial charge in [-0.05, 0) is 56.5 Å². The lowest BCUT2D eigenvalue weighted by Crippen LogP contribution is -2.35. The summed E-state index contributed by atoms with van der Waals surface area (Å²) < 4.78 is 0. The predicted octanol–water partition coefficient (Wildman–Crippen LogP) is 5.13. The predicted molar refractivity (Wildman–Crippen MR) is 86.1 cm³/mol. The fourth-order valence-corrected chi connectivity index (χ4v) is 2.67. The number of benzene rings is 1. The van der Waals surface area contributed by atoms with Gasteiger partial charge in [0.1, 0.15) is 0 Å². The lowest BCUT2D eigenvalue weighted by molar-refractivity contribution is 0.213. The maximum absolute atomic E-state index is 5.97. The van der Waals surface area contributed by atoms with Crippen molar-refractivity contribution < 1.29 is 0 Å². The Labute approximate surface area is 124 Å². The van der Waals surface area contributed by atoms with Gasteiger partial charge in [0, 0.05) is 11.1 Å². The summed E-state index contributed by atoms with van der Waals surface area (Å²) in [5, 5.41) is 0.813. The number of halogens is 1. The van der Waals surface area contributed by atoms with Crippen LogP contribution in [0.5, 0.6) is 0 Å². The van der Waals surface area contributed by atoms with Crippen molar-refractivity contribution in [3.05, 3.63) is 34.9 Å². The van der Waals surface area contributed by atoms with Crippen molar-refractivity contribution in [3.8, 4) is 0 Å². The van der Waals surface area contributed by atoms with Crippen molar-refractivity contribution in [2.45, 2.75) is 58.4 Å². The molecule has 108 valence electrons. The number of hydrogen-bond acceptors (Lipinski definition) is 1. The Kier molecular flexibility index (Phi) is 6.35. The molecule has 2 heteroatoms. The minimum atomic E-state index is 0.185. The third-order valence-electron chi connectivity index (χ3n) is 4.05. The van der Waals surface area contributed by atoms with Crippen molar-refractivity contribution >= 4 is 11.6 Å². The van der Waals surface area contributed by atoms with Gasteiger partial charge in [0.2, 0.25) is 0 Å². The second-order valence-electron chi connectivity index (χ2n) is 6.28. The van der Waals surface area contributed by atoms with Gasteiger partial charge in [-0.3, -0.25) is 0 Å². The molecule has 1 nitrogen and oxygen atoms in total. The Balaban J connectivity index is 2.65. The first-order valence-corrected chi connectivity index (χ1v) is 7.71. The van der Waals surface area contributed by atoms with E-state index in [9.17, 15) is 0 Å². The molecule has 0 radical (unpaired) electrons. The molecular formula is C17H28ClN. The van der Waals surface area contributed by atoms with Crippen molar-refractivity contribution in [2.24, 2.45) is 0 Å². The van der Waals surface area contributed by atoms with E-state index >= 15 is 0 Å². The lowest BCUT2D eigenvalue weighted by atomic mass is 9.79. The molecule has 0 aliphatic carbocycles. The third kappa shape index (κ3) is 5.16. The Morgan fingerprint density at radius 1 is 1.21 bits per heavy atom. The zero-order valence-corrected chi connectivity index (χ0v) is 13.8. The standard InChI is InChI=1S/C17H28ClN/c1-6-7-12-19(5)14(2)13-17(3,4)15-8-10-16(18)11-9-15/h8-11,14H,6-7,12-13H2,1-5H3. The first-order valence-electron chi connectivity index (χ1n) is 7.33. The van der Waals surface area contributed by atoms with E-state index in [0.717, 1.165) is 11.4 Å². The number of nitrogens with zero attached hydrogens (tertiary/aromatic N) is 1. The highest BCUT2D eigenvalue weighted by Gasteiger charge is 2.24. The number of rotatable bonds is 7. The summed E-state index contributed by atoms with van der Waals surface area (Å²) in [5.41, 5.74) is 1.55. The summed E-state index contributed by atoms with van der Waals surface area (Å²) in [5.74, 6) is 0. The topological polar surface area (TPSA) is 3.24 Å². The van der Waals surface area contributed by atoms with Crippen LogP contribution in [0.3, 0.4) is 0 Å². The quantitative estimate of drug-likeness (QED) is 0.670. The Morgan fingerprint density at radius 2 is 1.79 bits per heavy atom. The summed E-state index contributed by atoms with van der Waals surface area (Å²) in [6.45, 7) is 10.4. The van der Waals surface area contributed by atoms with Gasteiger partial charge in [0.05, 0.1) is 0 Å². The molecule has 0 amide bonds. The van der Waals surface area contributed by atoms with Gasteiger partial charge in [0.15, 0.2) is 0 Å². The molecule has 0 aliphatic heterocycles. The van der Waals surface area contributed by atoms with E-state index in [4.69, 9.17) is 11.6 Å². The van der Waals surface area contributed by atoms with Gasteiger partial charge in [-0.1, -0.05) is 50.9 Å². The van der Waals surface area contributed by atoms with Crippen LogP contribution in [-0.4, -0.2) is 24.5 Å². The average Bonchev–Trinajstić information content (AvgIpc) is 2.35. The molecule has 0 saturated heterocycles. The largest absolute Gasteiger partial charge is 0.304 e. The van der Waals surface area contributed by atoms with Gasteiger partial charge in [0.25, 0.3) is 0 Å². The highest BCUT2D eigenvalue weighted by molar-refractivity contribution is 6.30. The van der Waals surface area contributed by atoms with Crippen LogP contribution in [0, 0.1) is 0 Å². The summed E-state index contributed by atoms with van der Waals surface area (Å²) in [6.07, 6.45) is 3.70. The molecule has 1 rings (SSSR count).